The molecule has 2 N–H and O–H groups in total. The number of aryl methyl sites for hydroxylation is 2. The Hall–Kier alpha value is -2.07. The summed E-state index contributed by atoms with van der Waals surface area (Å²) in [5.74, 6) is 0.397. The summed E-state index contributed by atoms with van der Waals surface area (Å²) >= 11 is 0. The van der Waals surface area contributed by atoms with Crippen molar-refractivity contribution in [2.45, 2.75) is 19.9 Å². The lowest BCUT2D eigenvalue weighted by Gasteiger charge is -2.15. The zero-order valence-corrected chi connectivity index (χ0v) is 11.6. The molecule has 1 unspecified atom stereocenters. The number of amides is 1. The average molecular weight is 265 g/mol. The molecular weight excluding hydrogens is 246 g/mol. The van der Waals surface area contributed by atoms with E-state index in [0.29, 0.717) is 30.2 Å². The molecule has 1 aromatic rings. The van der Waals surface area contributed by atoms with Crippen molar-refractivity contribution in [3.05, 3.63) is 11.3 Å². The van der Waals surface area contributed by atoms with Crippen LogP contribution >= 0.6 is 0 Å². The number of anilines is 1. The van der Waals surface area contributed by atoms with E-state index in [1.807, 2.05) is 0 Å². The van der Waals surface area contributed by atoms with Crippen molar-refractivity contribution < 1.29 is 9.53 Å². The number of carbonyl (C=O) groups is 1. The summed E-state index contributed by atoms with van der Waals surface area (Å²) in [6.07, 6.45) is 0. The normalized spacial score (nSPS) is 11.7. The van der Waals surface area contributed by atoms with Gasteiger partial charge in [0.1, 0.15) is 23.5 Å². The quantitative estimate of drug-likeness (QED) is 0.715. The van der Waals surface area contributed by atoms with Gasteiger partial charge in [-0.05, 0) is 13.8 Å². The predicted molar refractivity (Wildman–Crippen MR) is 70.6 cm³/mol. The first-order valence-electron chi connectivity index (χ1n) is 5.98. The van der Waals surface area contributed by atoms with Crippen molar-refractivity contribution in [2.75, 3.05) is 25.6 Å². The summed E-state index contributed by atoms with van der Waals surface area (Å²) in [6, 6.07) is 1.62. The van der Waals surface area contributed by atoms with Crippen LogP contribution in [0.4, 0.5) is 5.82 Å². The van der Waals surface area contributed by atoms with Crippen molar-refractivity contribution in [1.29, 1.82) is 5.26 Å². The van der Waals surface area contributed by atoms with Gasteiger partial charge in [-0.15, -0.1) is 0 Å². The van der Waals surface area contributed by atoms with Crippen LogP contribution in [0.15, 0.2) is 0 Å². The highest BCUT2D eigenvalue weighted by Gasteiger charge is 2.18. The van der Waals surface area contributed by atoms with Gasteiger partial charge in [-0.3, -0.25) is 9.48 Å². The minimum atomic E-state index is -0.459. The first-order chi connectivity index (χ1) is 9.01. The molecule has 1 aromatic heterocycles. The number of ether oxygens (including phenoxy) is 1. The fourth-order valence-electron chi connectivity index (χ4n) is 1.66. The summed E-state index contributed by atoms with van der Waals surface area (Å²) in [5.41, 5.74) is 1.10. The van der Waals surface area contributed by atoms with E-state index in [1.165, 1.54) is 0 Å². The first-order valence-corrected chi connectivity index (χ1v) is 5.98. The number of aromatic nitrogens is 2. The molecule has 0 radical (unpaired) electrons. The maximum atomic E-state index is 11.8. The molecule has 1 rings (SSSR count). The van der Waals surface area contributed by atoms with Crippen LogP contribution in [0.3, 0.4) is 0 Å². The zero-order chi connectivity index (χ0) is 14.4. The molecule has 0 aromatic carbocycles. The Morgan fingerprint density at radius 1 is 1.63 bits per heavy atom. The fraction of sp³-hybridized carbons (Fsp3) is 0.583. The summed E-state index contributed by atoms with van der Waals surface area (Å²) in [4.78, 5) is 11.8. The van der Waals surface area contributed by atoms with E-state index in [9.17, 15) is 4.79 Å². The third-order valence-corrected chi connectivity index (χ3v) is 2.69. The van der Waals surface area contributed by atoms with Crippen LogP contribution in [0.25, 0.3) is 0 Å². The van der Waals surface area contributed by atoms with E-state index < -0.39 is 6.04 Å². The molecule has 0 saturated heterocycles. The molecule has 7 heteroatoms. The molecule has 0 bridgehead atoms. The van der Waals surface area contributed by atoms with Gasteiger partial charge in [-0.1, -0.05) is 0 Å². The number of hydrogen-bond donors (Lipinski definition) is 2. The summed E-state index contributed by atoms with van der Waals surface area (Å²) in [7, 11) is 3.30. The van der Waals surface area contributed by atoms with Crippen LogP contribution in [0.5, 0.6) is 0 Å². The predicted octanol–water partition coefficient (Wildman–Crippen LogP) is 0.163. The van der Waals surface area contributed by atoms with Crippen molar-refractivity contribution in [3.8, 4) is 6.07 Å². The molecule has 104 valence electrons. The van der Waals surface area contributed by atoms with Crippen molar-refractivity contribution in [1.82, 2.24) is 15.1 Å². The average Bonchev–Trinajstić information content (AvgIpc) is 2.63. The van der Waals surface area contributed by atoms with Gasteiger partial charge in [0.25, 0.3) is 0 Å². The van der Waals surface area contributed by atoms with Gasteiger partial charge in [0, 0.05) is 20.7 Å². The second-order valence-electron chi connectivity index (χ2n) is 4.19. The largest absolute Gasteiger partial charge is 0.383 e. The molecule has 0 aliphatic heterocycles. The molecule has 1 heterocycles. The molecule has 1 amide bonds. The molecule has 0 saturated carbocycles. The fourth-order valence-corrected chi connectivity index (χ4v) is 1.66. The van der Waals surface area contributed by atoms with E-state index in [-0.39, 0.29) is 5.91 Å². The summed E-state index contributed by atoms with van der Waals surface area (Å²) in [5, 5.41) is 19.0. The molecule has 19 heavy (non-hydrogen) atoms. The SMILES string of the molecule is COCCNC(=O)C(C)Nc1c(C#N)c(C)nn1C. The zero-order valence-electron chi connectivity index (χ0n) is 11.6. The van der Waals surface area contributed by atoms with E-state index in [1.54, 1.807) is 32.7 Å². The topological polar surface area (TPSA) is 92.0 Å². The van der Waals surface area contributed by atoms with Crippen molar-refractivity contribution in [2.24, 2.45) is 7.05 Å². The van der Waals surface area contributed by atoms with Crippen LogP contribution in [0.2, 0.25) is 0 Å². The van der Waals surface area contributed by atoms with Crippen LogP contribution in [-0.2, 0) is 16.6 Å². The highest BCUT2D eigenvalue weighted by molar-refractivity contribution is 5.84. The van der Waals surface area contributed by atoms with Crippen LogP contribution in [0, 0.1) is 18.3 Å². The summed E-state index contributed by atoms with van der Waals surface area (Å²) in [6.45, 7) is 4.41. The molecule has 1 atom stereocenters. The second kappa shape index (κ2) is 6.75. The number of carbonyl (C=O) groups excluding carboxylic acids is 1. The van der Waals surface area contributed by atoms with E-state index >= 15 is 0 Å². The lowest BCUT2D eigenvalue weighted by Crippen LogP contribution is -2.39. The monoisotopic (exact) mass is 265 g/mol. The number of methoxy groups -OCH3 is 1. The Labute approximate surface area is 112 Å². The van der Waals surface area contributed by atoms with Gasteiger partial charge >= 0.3 is 0 Å². The smallest absolute Gasteiger partial charge is 0.242 e. The van der Waals surface area contributed by atoms with Gasteiger partial charge in [-0.25, -0.2) is 0 Å². The van der Waals surface area contributed by atoms with Gasteiger partial charge in [0.2, 0.25) is 5.91 Å². The van der Waals surface area contributed by atoms with Crippen LogP contribution in [0.1, 0.15) is 18.2 Å². The van der Waals surface area contributed by atoms with Crippen molar-refractivity contribution in [3.63, 3.8) is 0 Å². The Kier molecular flexibility index (Phi) is 5.33. The number of nitriles is 1. The highest BCUT2D eigenvalue weighted by Crippen LogP contribution is 2.18. The standard InChI is InChI=1S/C12H19N5O2/c1-8-10(7-13)11(17(3)16-8)15-9(2)12(18)14-5-6-19-4/h9,15H,5-6H2,1-4H3,(H,14,18). The van der Waals surface area contributed by atoms with Gasteiger partial charge in [0.15, 0.2) is 0 Å². The van der Waals surface area contributed by atoms with Crippen LogP contribution < -0.4 is 10.6 Å². The molecule has 0 aliphatic carbocycles. The van der Waals surface area contributed by atoms with Gasteiger partial charge in [0.05, 0.1) is 12.3 Å². The van der Waals surface area contributed by atoms with Gasteiger partial charge < -0.3 is 15.4 Å². The van der Waals surface area contributed by atoms with E-state index in [4.69, 9.17) is 10.00 Å². The third-order valence-electron chi connectivity index (χ3n) is 2.69. The van der Waals surface area contributed by atoms with E-state index in [0.717, 1.165) is 0 Å². The van der Waals surface area contributed by atoms with Crippen LogP contribution in [-0.4, -0.2) is 42.0 Å². The lowest BCUT2D eigenvalue weighted by atomic mass is 10.2. The Morgan fingerprint density at radius 2 is 2.32 bits per heavy atom. The minimum Gasteiger partial charge on any atom is -0.383 e. The second-order valence-corrected chi connectivity index (χ2v) is 4.19. The maximum Gasteiger partial charge on any atom is 0.242 e. The Morgan fingerprint density at radius 3 is 2.89 bits per heavy atom. The van der Waals surface area contributed by atoms with Crippen molar-refractivity contribution >= 4 is 11.7 Å². The minimum absolute atomic E-state index is 0.153. The highest BCUT2D eigenvalue weighted by atomic mass is 16.5. The van der Waals surface area contributed by atoms with E-state index in [2.05, 4.69) is 21.8 Å². The number of rotatable bonds is 6. The molecular formula is C12H19N5O2. The number of nitrogens with one attached hydrogen (secondary N) is 2. The maximum absolute atomic E-state index is 11.8. The Balaban J connectivity index is 2.69. The molecule has 0 aliphatic rings. The number of nitrogens with zero attached hydrogens (tertiary/aromatic N) is 3. The summed E-state index contributed by atoms with van der Waals surface area (Å²) < 4.78 is 6.42. The number of hydrogen-bond acceptors (Lipinski definition) is 5. The molecule has 0 spiro atoms. The lowest BCUT2D eigenvalue weighted by molar-refractivity contribution is -0.121. The molecule has 7 nitrogen and oxygen atoms in total. The first kappa shape index (κ1) is 15.0. The third kappa shape index (κ3) is 3.69. The molecule has 0 fully saturated rings. The Bertz CT molecular complexity index is 489. The van der Waals surface area contributed by atoms with Gasteiger partial charge in [-0.2, -0.15) is 10.4 Å².